The molecule has 8 heteroatoms. The van der Waals surface area contributed by atoms with Crippen molar-refractivity contribution in [2.45, 2.75) is 0 Å². The van der Waals surface area contributed by atoms with Crippen LogP contribution in [0.2, 0.25) is 0 Å². The van der Waals surface area contributed by atoms with E-state index < -0.39 is 0 Å². The van der Waals surface area contributed by atoms with Crippen LogP contribution in [0, 0.1) is 0 Å². The zero-order chi connectivity index (χ0) is 15.9. The molecule has 3 aromatic rings. The van der Waals surface area contributed by atoms with Gasteiger partial charge in [0.2, 0.25) is 0 Å². The van der Waals surface area contributed by atoms with Gasteiger partial charge in [-0.15, -0.1) is 0 Å². The maximum Gasteiger partial charge on any atom is 0.267 e. The van der Waals surface area contributed by atoms with Gasteiger partial charge in [0.1, 0.15) is 4.60 Å². The first kappa shape index (κ1) is 14.8. The number of nitrogen functional groups attached to an aromatic ring is 1. The molecule has 0 radical (unpaired) electrons. The highest BCUT2D eigenvalue weighted by Gasteiger charge is 2.14. The van der Waals surface area contributed by atoms with Crippen LogP contribution in [-0.2, 0) is 0 Å². The fraction of sp³-hybridized carbons (Fsp3) is 0.0714. The lowest BCUT2D eigenvalue weighted by Crippen LogP contribution is -2.16. The van der Waals surface area contributed by atoms with Crippen molar-refractivity contribution >= 4 is 45.1 Å². The molecule has 0 saturated heterocycles. The molecule has 0 saturated carbocycles. The van der Waals surface area contributed by atoms with Crippen molar-refractivity contribution in [3.63, 3.8) is 0 Å². The van der Waals surface area contributed by atoms with E-state index in [9.17, 15) is 4.79 Å². The summed E-state index contributed by atoms with van der Waals surface area (Å²) in [6.07, 6.45) is 3.29. The third-order valence-corrected chi connectivity index (χ3v) is 3.91. The van der Waals surface area contributed by atoms with Gasteiger partial charge in [0, 0.05) is 30.0 Å². The molecule has 6 nitrogen and oxygen atoms in total. The van der Waals surface area contributed by atoms with Crippen molar-refractivity contribution in [3.8, 4) is 11.3 Å². The monoisotopic (exact) mass is 379 g/mol. The predicted octanol–water partition coefficient (Wildman–Crippen LogP) is 2.97. The largest absolute Gasteiger partial charge is 0.381 e. The van der Waals surface area contributed by atoms with Crippen LogP contribution in [0.15, 0.2) is 41.3 Å². The van der Waals surface area contributed by atoms with Crippen LogP contribution in [0.25, 0.3) is 16.9 Å². The molecular weight excluding hydrogens is 370 g/mol. The fourth-order valence-electron chi connectivity index (χ4n) is 2.18. The molecule has 0 bridgehead atoms. The highest BCUT2D eigenvalue weighted by atomic mass is 79.9. The van der Waals surface area contributed by atoms with E-state index >= 15 is 0 Å². The van der Waals surface area contributed by atoms with E-state index in [4.69, 9.17) is 17.5 Å². The van der Waals surface area contributed by atoms with Crippen LogP contribution in [-0.4, -0.2) is 31.7 Å². The Morgan fingerprint density at radius 2 is 2.14 bits per heavy atom. The van der Waals surface area contributed by atoms with Crippen LogP contribution in [0.5, 0.6) is 0 Å². The number of rotatable bonds is 2. The Balaban J connectivity index is 2.20. The van der Waals surface area contributed by atoms with Crippen LogP contribution in [0.1, 0.15) is 10.4 Å². The number of fused-ring (bicyclic) bond motifs is 1. The van der Waals surface area contributed by atoms with Gasteiger partial charge in [-0.25, -0.2) is 9.97 Å². The highest BCUT2D eigenvalue weighted by Crippen LogP contribution is 2.27. The Labute approximate surface area is 139 Å². The Kier molecular flexibility index (Phi) is 3.76. The van der Waals surface area contributed by atoms with Gasteiger partial charge in [-0.05, 0) is 28.1 Å². The summed E-state index contributed by atoms with van der Waals surface area (Å²) < 4.78 is 3.59. The smallest absolute Gasteiger partial charge is 0.267 e. The number of halogens is 2. The third kappa shape index (κ3) is 2.42. The number of amides is 1. The summed E-state index contributed by atoms with van der Waals surface area (Å²) in [6.45, 7) is 0. The number of hydrogen-bond donors (Lipinski definition) is 1. The first-order chi connectivity index (χ1) is 10.5. The molecule has 22 heavy (non-hydrogen) atoms. The number of carbonyl (C=O) groups is 1. The number of hydrogen-bond acceptors (Lipinski definition) is 4. The molecule has 2 aromatic heterocycles. The number of nitrogens with zero attached hydrogens (tertiary/aromatic N) is 4. The van der Waals surface area contributed by atoms with Gasteiger partial charge in [0.15, 0.2) is 11.5 Å². The van der Waals surface area contributed by atoms with Gasteiger partial charge in [-0.1, -0.05) is 12.1 Å². The number of imidazole rings is 1. The Hall–Kier alpha value is -2.12. The average Bonchev–Trinajstić information content (AvgIpc) is 2.90. The van der Waals surface area contributed by atoms with E-state index in [0.717, 1.165) is 20.3 Å². The van der Waals surface area contributed by atoms with Gasteiger partial charge in [-0.2, -0.15) is 0 Å². The van der Waals surface area contributed by atoms with Gasteiger partial charge >= 0.3 is 0 Å². The zero-order valence-electron chi connectivity index (χ0n) is 11.5. The summed E-state index contributed by atoms with van der Waals surface area (Å²) >= 11 is 9.16. The molecule has 0 atom stereocenters. The minimum Gasteiger partial charge on any atom is -0.381 e. The van der Waals surface area contributed by atoms with Gasteiger partial charge in [0.05, 0.1) is 18.1 Å². The first-order valence-corrected chi connectivity index (χ1v) is 7.44. The Morgan fingerprint density at radius 1 is 1.36 bits per heavy atom. The number of benzene rings is 1. The minimum absolute atomic E-state index is 0.284. The van der Waals surface area contributed by atoms with Crippen LogP contribution >= 0.6 is 27.7 Å². The van der Waals surface area contributed by atoms with Crippen LogP contribution in [0.3, 0.4) is 0 Å². The van der Waals surface area contributed by atoms with E-state index in [-0.39, 0.29) is 5.91 Å². The number of anilines is 1. The first-order valence-electron chi connectivity index (χ1n) is 6.30. The van der Waals surface area contributed by atoms with Crippen molar-refractivity contribution in [2.24, 2.45) is 0 Å². The topological polar surface area (TPSA) is 76.5 Å². The summed E-state index contributed by atoms with van der Waals surface area (Å²) in [7, 11) is 1.49. The molecule has 2 N–H and O–H groups in total. The van der Waals surface area contributed by atoms with Crippen molar-refractivity contribution < 1.29 is 4.79 Å². The summed E-state index contributed by atoms with van der Waals surface area (Å²) in [5, 5.41) is 0. The van der Waals surface area contributed by atoms with Crippen molar-refractivity contribution in [1.82, 2.24) is 18.8 Å². The van der Waals surface area contributed by atoms with E-state index in [1.165, 1.54) is 7.05 Å². The summed E-state index contributed by atoms with van der Waals surface area (Å²) in [5.41, 5.74) is 8.45. The second kappa shape index (κ2) is 5.58. The lowest BCUT2D eigenvalue weighted by Gasteiger charge is -2.11. The second-order valence-corrected chi connectivity index (χ2v) is 5.95. The van der Waals surface area contributed by atoms with Crippen LogP contribution in [0.4, 0.5) is 5.82 Å². The average molecular weight is 381 g/mol. The zero-order valence-corrected chi connectivity index (χ0v) is 13.8. The summed E-state index contributed by atoms with van der Waals surface area (Å²) in [4.78, 5) is 20.4. The van der Waals surface area contributed by atoms with E-state index in [2.05, 4.69) is 25.9 Å². The maximum atomic E-state index is 12.0. The maximum absolute atomic E-state index is 12.0. The lowest BCUT2D eigenvalue weighted by molar-refractivity contribution is 0.0885. The van der Waals surface area contributed by atoms with Crippen molar-refractivity contribution in [2.75, 3.05) is 12.8 Å². The molecule has 0 spiro atoms. The molecule has 0 fully saturated rings. The molecule has 1 amide bonds. The Morgan fingerprint density at radius 3 is 2.86 bits per heavy atom. The van der Waals surface area contributed by atoms with Gasteiger partial charge in [-0.3, -0.25) is 13.6 Å². The molecule has 0 unspecified atom stereocenters. The van der Waals surface area contributed by atoms with E-state index in [0.29, 0.717) is 17.0 Å². The molecule has 2 heterocycles. The second-order valence-electron chi connectivity index (χ2n) is 4.63. The van der Waals surface area contributed by atoms with Crippen molar-refractivity contribution in [3.05, 3.63) is 46.8 Å². The quantitative estimate of drug-likeness (QED) is 0.693. The summed E-state index contributed by atoms with van der Waals surface area (Å²) in [5.74, 6) is 0.0510. The number of aromatic nitrogens is 3. The molecule has 0 aliphatic heterocycles. The lowest BCUT2D eigenvalue weighted by atomic mass is 10.1. The predicted molar refractivity (Wildman–Crippen MR) is 88.5 cm³/mol. The van der Waals surface area contributed by atoms with Gasteiger partial charge < -0.3 is 5.73 Å². The van der Waals surface area contributed by atoms with E-state index in [1.54, 1.807) is 30.6 Å². The normalized spacial score (nSPS) is 10.9. The third-order valence-electron chi connectivity index (χ3n) is 3.20. The molecular formula is C14H11BrClN5O. The van der Waals surface area contributed by atoms with E-state index in [1.807, 2.05) is 10.5 Å². The number of carbonyl (C=O) groups excluding carboxylic acids is 1. The fourth-order valence-corrected chi connectivity index (χ4v) is 2.74. The molecule has 112 valence electrons. The molecule has 0 aliphatic carbocycles. The Bertz CT molecular complexity index is 877. The SMILES string of the molecule is CN(Cl)C(=O)c1cccc(-c2cnc(N)c3ncc(Br)n23)c1. The highest BCUT2D eigenvalue weighted by molar-refractivity contribution is 9.10. The molecule has 1 aromatic carbocycles. The minimum atomic E-state index is -0.284. The molecule has 3 rings (SSSR count). The van der Waals surface area contributed by atoms with Gasteiger partial charge in [0.25, 0.3) is 5.91 Å². The van der Waals surface area contributed by atoms with Crippen LogP contribution < -0.4 is 5.73 Å². The van der Waals surface area contributed by atoms with Crippen molar-refractivity contribution in [1.29, 1.82) is 0 Å². The standard InChI is InChI=1S/C14H11BrClN5O/c1-20(16)14(22)9-4-2-3-8(5-9)10-6-18-12(17)13-19-7-11(15)21(10)13/h2-7H,1H3,(H2,17,18). The molecule has 0 aliphatic rings. The summed E-state index contributed by atoms with van der Waals surface area (Å²) in [6, 6.07) is 7.12. The number of nitrogens with two attached hydrogens (primary N) is 1.